The van der Waals surface area contributed by atoms with Crippen LogP contribution in [0, 0.1) is 22.7 Å². The third kappa shape index (κ3) is 15.1. The Hall–Kier alpha value is -1.64. The molecular formula is C14H10BLi3N2O7. The summed E-state index contributed by atoms with van der Waals surface area (Å²) in [7, 11) is -2.92. The summed E-state index contributed by atoms with van der Waals surface area (Å²) in [4.78, 5) is 0. The van der Waals surface area contributed by atoms with Crippen molar-refractivity contribution in [1.29, 1.82) is 10.5 Å². The molecule has 2 aromatic rings. The molecule has 9 nitrogen and oxygen atoms in total. The van der Waals surface area contributed by atoms with Gasteiger partial charge < -0.3 is 35.5 Å². The zero-order chi connectivity index (χ0) is 18.7. The molecule has 2 rings (SSSR count). The maximum Gasteiger partial charge on any atom is 1.00 e. The minimum atomic E-state index is -2.92. The van der Waals surface area contributed by atoms with E-state index in [-0.39, 0.29) is 79.6 Å². The largest absolute Gasteiger partial charge is 1.00 e. The number of nitrogens with zero attached hydrogens (tertiary/aromatic N) is 2. The Morgan fingerprint density at radius 2 is 0.889 bits per heavy atom. The van der Waals surface area contributed by atoms with Gasteiger partial charge in [0.25, 0.3) is 0 Å². The van der Waals surface area contributed by atoms with Gasteiger partial charge in [-0.15, -0.1) is 0 Å². The Morgan fingerprint density at radius 3 is 1.07 bits per heavy atom. The van der Waals surface area contributed by atoms with E-state index in [0.29, 0.717) is 11.1 Å². The molecule has 0 amide bonds. The van der Waals surface area contributed by atoms with Crippen LogP contribution in [0.4, 0.5) is 0 Å². The molecule has 0 atom stereocenters. The molecule has 27 heavy (non-hydrogen) atoms. The molecule has 0 fully saturated rings. The van der Waals surface area contributed by atoms with Crippen LogP contribution in [0.3, 0.4) is 0 Å². The maximum atomic E-state index is 8.83. The molecule has 0 aliphatic carbocycles. The molecular weight excluding hydrogens is 340 g/mol. The number of hydrogen-bond donors (Lipinski definition) is 4. The SMILES string of the molecule is N#Cc1ccc(O)c(O)c1.N#Cc1ccc(O)c(O)c1.[Li+].[Li+].[Li+].[O-]B([O-])[O-]. The van der Waals surface area contributed by atoms with Gasteiger partial charge in [-0.05, 0) is 24.3 Å². The molecule has 0 bridgehead atoms. The summed E-state index contributed by atoms with van der Waals surface area (Å²) in [5.41, 5.74) is 0.658. The van der Waals surface area contributed by atoms with E-state index in [2.05, 4.69) is 0 Å². The van der Waals surface area contributed by atoms with E-state index in [0.717, 1.165) is 0 Å². The molecule has 0 radical (unpaired) electrons. The van der Waals surface area contributed by atoms with E-state index >= 15 is 0 Å². The Balaban J connectivity index is -0.000000150. The molecule has 0 saturated heterocycles. The fourth-order valence-corrected chi connectivity index (χ4v) is 1.19. The summed E-state index contributed by atoms with van der Waals surface area (Å²) in [6, 6.07) is 11.4. The van der Waals surface area contributed by atoms with Crippen molar-refractivity contribution in [2.45, 2.75) is 0 Å². The van der Waals surface area contributed by atoms with Crippen LogP contribution in [0.1, 0.15) is 11.1 Å². The molecule has 0 saturated carbocycles. The minimum absolute atomic E-state index is 0. The van der Waals surface area contributed by atoms with Crippen molar-refractivity contribution in [3.05, 3.63) is 47.5 Å². The fraction of sp³-hybridized carbons (Fsp3) is 0. The van der Waals surface area contributed by atoms with Crippen LogP contribution in [0.15, 0.2) is 36.4 Å². The second kappa shape index (κ2) is 17.8. The quantitative estimate of drug-likeness (QED) is 0.263. The second-order valence-corrected chi connectivity index (χ2v) is 3.92. The van der Waals surface area contributed by atoms with Crippen molar-refractivity contribution in [2.75, 3.05) is 0 Å². The van der Waals surface area contributed by atoms with Gasteiger partial charge in [0, 0.05) is 12.1 Å². The molecule has 0 aromatic heterocycles. The number of aromatic hydroxyl groups is 4. The summed E-state index contributed by atoms with van der Waals surface area (Å²) in [6.45, 7) is 0. The molecule has 0 aliphatic heterocycles. The molecule has 4 N–H and O–H groups in total. The fourth-order valence-electron chi connectivity index (χ4n) is 1.19. The second-order valence-electron chi connectivity index (χ2n) is 3.92. The zero-order valence-electron chi connectivity index (χ0n) is 14.9. The summed E-state index contributed by atoms with van der Waals surface area (Å²) in [5, 5.41) is 77.1. The van der Waals surface area contributed by atoms with Crippen LogP contribution in [-0.2, 0) is 0 Å². The van der Waals surface area contributed by atoms with Gasteiger partial charge in [0.05, 0.1) is 23.3 Å². The van der Waals surface area contributed by atoms with Crippen LogP contribution in [0.2, 0.25) is 0 Å². The molecule has 0 spiro atoms. The van der Waals surface area contributed by atoms with Crippen molar-refractivity contribution >= 4 is 7.32 Å². The standard InChI is InChI=1S/2C7H5NO2.BO3.3Li/c2*8-4-5-1-2-6(9)7(10)3-5;2-1(3)4;;;/h2*1-3,9-10H;;;;/q;;-3;3*+1. The van der Waals surface area contributed by atoms with Gasteiger partial charge in [-0.2, -0.15) is 10.5 Å². The molecule has 0 aliphatic rings. The van der Waals surface area contributed by atoms with Gasteiger partial charge in [-0.25, -0.2) is 0 Å². The summed E-state index contributed by atoms with van der Waals surface area (Å²) in [6.07, 6.45) is 0. The van der Waals surface area contributed by atoms with Crippen molar-refractivity contribution in [1.82, 2.24) is 0 Å². The number of phenols is 4. The van der Waals surface area contributed by atoms with E-state index in [1.807, 2.05) is 12.1 Å². The van der Waals surface area contributed by atoms with Gasteiger partial charge in [0.2, 0.25) is 0 Å². The van der Waals surface area contributed by atoms with E-state index in [9.17, 15) is 0 Å². The average Bonchev–Trinajstić information content (AvgIpc) is 2.53. The normalized spacial score (nSPS) is 7.44. The van der Waals surface area contributed by atoms with Crippen molar-refractivity contribution in [3.8, 4) is 35.1 Å². The van der Waals surface area contributed by atoms with Crippen LogP contribution in [-0.4, -0.2) is 27.7 Å². The van der Waals surface area contributed by atoms with Crippen molar-refractivity contribution < 1.29 is 92.1 Å². The summed E-state index contributed by atoms with van der Waals surface area (Å²) < 4.78 is 0. The Bertz CT molecular complexity index is 703. The van der Waals surface area contributed by atoms with Crippen molar-refractivity contribution in [3.63, 3.8) is 0 Å². The average molecular weight is 350 g/mol. The topological polar surface area (TPSA) is 198 Å². The van der Waals surface area contributed by atoms with Gasteiger partial charge in [0.15, 0.2) is 23.0 Å². The van der Waals surface area contributed by atoms with Crippen molar-refractivity contribution in [2.24, 2.45) is 0 Å². The van der Waals surface area contributed by atoms with Crippen LogP contribution >= 0.6 is 0 Å². The molecule has 124 valence electrons. The predicted molar refractivity (Wildman–Crippen MR) is 74.7 cm³/mol. The Kier molecular flexibility index (Phi) is 21.7. The predicted octanol–water partition coefficient (Wildman–Crippen LogP) is -11.0. The summed E-state index contributed by atoms with van der Waals surface area (Å²) >= 11 is 0. The Morgan fingerprint density at radius 1 is 0.630 bits per heavy atom. The van der Waals surface area contributed by atoms with Gasteiger partial charge in [-0.3, -0.25) is 7.32 Å². The van der Waals surface area contributed by atoms with Gasteiger partial charge in [-0.1, -0.05) is 0 Å². The monoisotopic (exact) mass is 350 g/mol. The smallest absolute Gasteiger partial charge is 0.907 e. The van der Waals surface area contributed by atoms with Gasteiger partial charge >= 0.3 is 56.6 Å². The van der Waals surface area contributed by atoms with Gasteiger partial charge in [0.1, 0.15) is 0 Å². The number of nitriles is 2. The maximum absolute atomic E-state index is 8.83. The third-order valence-corrected chi connectivity index (χ3v) is 2.21. The van der Waals surface area contributed by atoms with E-state index < -0.39 is 7.32 Å². The van der Waals surface area contributed by atoms with E-state index in [4.69, 9.17) is 46.0 Å². The van der Waals surface area contributed by atoms with E-state index in [1.165, 1.54) is 36.4 Å². The summed E-state index contributed by atoms with van der Waals surface area (Å²) in [5.74, 6) is -0.948. The first-order valence-corrected chi connectivity index (χ1v) is 6.02. The number of hydrogen-bond acceptors (Lipinski definition) is 9. The first kappa shape index (κ1) is 33.0. The molecule has 2 aromatic carbocycles. The van der Waals surface area contributed by atoms with Crippen LogP contribution in [0.25, 0.3) is 0 Å². The van der Waals surface area contributed by atoms with Crippen LogP contribution in [0.5, 0.6) is 23.0 Å². The van der Waals surface area contributed by atoms with Crippen LogP contribution < -0.4 is 71.7 Å². The number of benzene rings is 2. The first-order chi connectivity index (χ1) is 11.2. The number of rotatable bonds is 0. The number of phenolic OH excluding ortho intramolecular Hbond substituents is 4. The molecule has 0 heterocycles. The minimum Gasteiger partial charge on any atom is -0.907 e. The molecule has 13 heteroatoms. The van der Waals surface area contributed by atoms with E-state index in [1.54, 1.807) is 0 Å². The first-order valence-electron chi connectivity index (χ1n) is 6.02. The third-order valence-electron chi connectivity index (χ3n) is 2.21. The Labute approximate surface area is 191 Å². The zero-order valence-corrected chi connectivity index (χ0v) is 14.9. The molecule has 0 unspecified atom stereocenters.